The fraction of sp³-hybridized carbons (Fsp3) is 0.533. The van der Waals surface area contributed by atoms with Crippen LogP contribution in [0.5, 0.6) is 0 Å². The Bertz CT molecular complexity index is 569. The quantitative estimate of drug-likeness (QED) is 0.864. The predicted octanol–water partition coefficient (Wildman–Crippen LogP) is 2.75. The van der Waals surface area contributed by atoms with Gasteiger partial charge in [-0.2, -0.15) is 4.21 Å². The number of para-hydroxylation sites is 1. The van der Waals surface area contributed by atoms with Gasteiger partial charge in [0.1, 0.15) is 5.60 Å². The van der Waals surface area contributed by atoms with Gasteiger partial charge in [0, 0.05) is 12.5 Å². The Morgan fingerprint density at radius 3 is 2.73 bits per heavy atom. The highest BCUT2D eigenvalue weighted by atomic mass is 32.2. The maximum atomic E-state index is 12.4. The van der Waals surface area contributed by atoms with E-state index in [0.29, 0.717) is 13.0 Å². The van der Waals surface area contributed by atoms with Crippen molar-refractivity contribution in [2.24, 2.45) is 5.92 Å². The van der Waals surface area contributed by atoms with Crippen LogP contribution in [0.4, 0.5) is 10.5 Å². The van der Waals surface area contributed by atoms with Gasteiger partial charge in [0.2, 0.25) is 0 Å². The van der Waals surface area contributed by atoms with Gasteiger partial charge in [-0.05, 0) is 38.8 Å². The first-order valence-electron chi connectivity index (χ1n) is 7.09. The minimum absolute atomic E-state index is 0.0569. The number of hydrogen-bond acceptors (Lipinski definition) is 4. The molecule has 1 N–H and O–H groups in total. The molecule has 7 heteroatoms. The van der Waals surface area contributed by atoms with Crippen molar-refractivity contribution in [3.05, 3.63) is 29.8 Å². The summed E-state index contributed by atoms with van der Waals surface area (Å²) in [6.45, 7) is 5.95. The lowest BCUT2D eigenvalue weighted by molar-refractivity contribution is 0.0567. The number of benzene rings is 1. The number of nitrogens with zero attached hydrogens (tertiary/aromatic N) is 1. The Balaban J connectivity index is 2.19. The van der Waals surface area contributed by atoms with E-state index in [2.05, 4.69) is 0 Å². The molecule has 1 unspecified atom stereocenters. The van der Waals surface area contributed by atoms with Gasteiger partial charge in [0.25, 0.3) is 0 Å². The van der Waals surface area contributed by atoms with Crippen molar-refractivity contribution < 1.29 is 22.5 Å². The average molecular weight is 327 g/mol. The van der Waals surface area contributed by atoms with Crippen molar-refractivity contribution in [1.82, 2.24) is 0 Å². The minimum atomic E-state index is -2.30. The third-order valence-electron chi connectivity index (χ3n) is 3.25. The molecule has 6 nitrogen and oxygen atoms in total. The Morgan fingerprint density at radius 1 is 1.41 bits per heavy atom. The van der Waals surface area contributed by atoms with Gasteiger partial charge in [-0.25, -0.2) is 4.79 Å². The normalized spacial score (nSPS) is 19.5. The van der Waals surface area contributed by atoms with Gasteiger partial charge in [-0.3, -0.25) is 13.6 Å². The van der Waals surface area contributed by atoms with Crippen LogP contribution in [0.25, 0.3) is 0 Å². The fourth-order valence-electron chi connectivity index (χ4n) is 2.43. The molecule has 0 spiro atoms. The van der Waals surface area contributed by atoms with E-state index in [1.54, 1.807) is 4.90 Å². The number of anilines is 1. The lowest BCUT2D eigenvalue weighted by Crippen LogP contribution is -2.44. The fourth-order valence-corrected chi connectivity index (χ4v) is 2.74. The van der Waals surface area contributed by atoms with Crippen molar-refractivity contribution in [1.29, 1.82) is 0 Å². The topological polar surface area (TPSA) is 76.1 Å². The van der Waals surface area contributed by atoms with Crippen LogP contribution in [0.1, 0.15) is 26.3 Å². The molecule has 0 radical (unpaired) electrons. The van der Waals surface area contributed by atoms with Crippen molar-refractivity contribution in [3.63, 3.8) is 0 Å². The van der Waals surface area contributed by atoms with Gasteiger partial charge in [0.05, 0.1) is 12.3 Å². The third kappa shape index (κ3) is 4.53. The molecule has 1 heterocycles. The van der Waals surface area contributed by atoms with Crippen LogP contribution >= 0.6 is 0 Å². The maximum Gasteiger partial charge on any atom is 0.414 e. The van der Waals surface area contributed by atoms with Gasteiger partial charge >= 0.3 is 17.5 Å². The Hall–Kier alpha value is -1.44. The Labute approximate surface area is 132 Å². The molecule has 1 aromatic rings. The molecular formula is C15H21NO5S. The minimum Gasteiger partial charge on any atom is -0.443 e. The summed E-state index contributed by atoms with van der Waals surface area (Å²) in [5, 5.41) is 0. The first-order valence-corrected chi connectivity index (χ1v) is 8.12. The van der Waals surface area contributed by atoms with E-state index in [0.717, 1.165) is 11.3 Å². The standard InChI is InChI=1S/C15H21NO5S/c1-15(2,3)21-14(17)16-9-11(10-20-22(18)19)8-12-6-4-5-7-13(12)16/h4-7,11H,8-10H2,1-3H3,(H,18,19)/t11-/m0/s1. The van der Waals surface area contributed by atoms with Crippen LogP contribution in [0.15, 0.2) is 24.3 Å². The summed E-state index contributed by atoms with van der Waals surface area (Å²) < 4.78 is 29.6. The monoisotopic (exact) mass is 327 g/mol. The van der Waals surface area contributed by atoms with Crippen LogP contribution < -0.4 is 4.90 Å². The Morgan fingerprint density at radius 2 is 2.09 bits per heavy atom. The third-order valence-corrected chi connectivity index (χ3v) is 3.59. The molecular weight excluding hydrogens is 306 g/mol. The van der Waals surface area contributed by atoms with Gasteiger partial charge in [-0.15, -0.1) is 0 Å². The van der Waals surface area contributed by atoms with E-state index in [1.165, 1.54) is 0 Å². The van der Waals surface area contributed by atoms with E-state index in [4.69, 9.17) is 13.5 Å². The van der Waals surface area contributed by atoms with E-state index in [1.807, 2.05) is 45.0 Å². The first kappa shape index (κ1) is 16.9. The molecule has 0 fully saturated rings. The molecule has 2 rings (SSSR count). The van der Waals surface area contributed by atoms with Crippen LogP contribution in [-0.2, 0) is 26.7 Å². The molecule has 0 saturated heterocycles. The molecule has 1 aliphatic heterocycles. The number of carbonyl (C=O) groups is 1. The average Bonchev–Trinajstić information content (AvgIpc) is 2.42. The first-order chi connectivity index (χ1) is 10.3. The molecule has 0 aliphatic carbocycles. The zero-order chi connectivity index (χ0) is 16.3. The molecule has 0 saturated carbocycles. The SMILES string of the molecule is CC(C)(C)OC(=O)N1C[C@@H](COS(=O)O)Cc2ccccc21. The van der Waals surface area contributed by atoms with Crippen molar-refractivity contribution in [2.45, 2.75) is 32.8 Å². The lowest BCUT2D eigenvalue weighted by atomic mass is 9.93. The molecule has 122 valence electrons. The molecule has 1 aromatic carbocycles. The highest BCUT2D eigenvalue weighted by Gasteiger charge is 2.31. The number of hydrogen-bond donors (Lipinski definition) is 1. The molecule has 2 atom stereocenters. The number of carbonyl (C=O) groups excluding carboxylic acids is 1. The summed E-state index contributed by atoms with van der Waals surface area (Å²) in [4.78, 5) is 14.0. The summed E-state index contributed by atoms with van der Waals surface area (Å²) in [6, 6.07) is 7.59. The van der Waals surface area contributed by atoms with Gasteiger partial charge in [0.15, 0.2) is 0 Å². The summed E-state index contributed by atoms with van der Waals surface area (Å²) in [5.41, 5.74) is 1.23. The summed E-state index contributed by atoms with van der Waals surface area (Å²) in [6.07, 6.45) is 0.266. The molecule has 0 aromatic heterocycles. The summed E-state index contributed by atoms with van der Waals surface area (Å²) >= 11 is -2.30. The van der Waals surface area contributed by atoms with Gasteiger partial charge in [-0.1, -0.05) is 18.2 Å². The highest BCUT2D eigenvalue weighted by Crippen LogP contribution is 2.31. The Kier molecular flexibility index (Phi) is 5.20. The van der Waals surface area contributed by atoms with Crippen LogP contribution in [0.2, 0.25) is 0 Å². The summed E-state index contributed by atoms with van der Waals surface area (Å²) in [7, 11) is 0. The van der Waals surface area contributed by atoms with E-state index in [9.17, 15) is 9.00 Å². The number of ether oxygens (including phenoxy) is 1. The van der Waals surface area contributed by atoms with Gasteiger partial charge < -0.3 is 4.74 Å². The molecule has 0 bridgehead atoms. The van der Waals surface area contributed by atoms with E-state index < -0.39 is 23.1 Å². The predicted molar refractivity (Wildman–Crippen MR) is 83.9 cm³/mol. The smallest absolute Gasteiger partial charge is 0.414 e. The van der Waals surface area contributed by atoms with E-state index in [-0.39, 0.29) is 12.5 Å². The summed E-state index contributed by atoms with van der Waals surface area (Å²) in [5.74, 6) is -0.0569. The number of fused-ring (bicyclic) bond motifs is 1. The highest BCUT2D eigenvalue weighted by molar-refractivity contribution is 7.74. The molecule has 1 amide bonds. The van der Waals surface area contributed by atoms with E-state index >= 15 is 0 Å². The van der Waals surface area contributed by atoms with Crippen molar-refractivity contribution in [3.8, 4) is 0 Å². The second kappa shape index (κ2) is 6.76. The van der Waals surface area contributed by atoms with Crippen molar-refractivity contribution in [2.75, 3.05) is 18.1 Å². The van der Waals surface area contributed by atoms with Crippen molar-refractivity contribution >= 4 is 23.1 Å². The number of rotatable bonds is 3. The largest absolute Gasteiger partial charge is 0.443 e. The zero-order valence-corrected chi connectivity index (χ0v) is 13.8. The number of amides is 1. The lowest BCUT2D eigenvalue weighted by Gasteiger charge is -2.35. The molecule has 22 heavy (non-hydrogen) atoms. The van der Waals surface area contributed by atoms with Crippen LogP contribution in [0, 0.1) is 5.92 Å². The maximum absolute atomic E-state index is 12.4. The second-order valence-electron chi connectivity index (χ2n) is 6.29. The second-order valence-corrected chi connectivity index (χ2v) is 6.96. The van der Waals surface area contributed by atoms with Crippen LogP contribution in [0.3, 0.4) is 0 Å². The van der Waals surface area contributed by atoms with Crippen LogP contribution in [-0.4, -0.2) is 33.6 Å². The zero-order valence-electron chi connectivity index (χ0n) is 12.9. The molecule has 1 aliphatic rings.